The fraction of sp³-hybridized carbons (Fsp3) is 0.588. The quantitative estimate of drug-likeness (QED) is 0.373. The summed E-state index contributed by atoms with van der Waals surface area (Å²) in [5.41, 5.74) is 6.69. The largest absolute Gasteiger partial charge is 0.370 e. The van der Waals surface area contributed by atoms with Crippen LogP contribution < -0.4 is 11.1 Å². The Bertz CT molecular complexity index is 673. The number of aliphatic imine (C=N–C) groups is 1. The summed E-state index contributed by atoms with van der Waals surface area (Å²) in [5, 5.41) is 3.10. The Balaban J connectivity index is 0.00000312. The maximum Gasteiger partial charge on any atom is 0.243 e. The summed E-state index contributed by atoms with van der Waals surface area (Å²) in [5.74, 6) is 0.383. The molecule has 1 unspecified atom stereocenters. The molecular formula is C17H29IN4O2S. The third kappa shape index (κ3) is 6.41. The Labute approximate surface area is 168 Å². The Hall–Kier alpha value is -0.870. The molecule has 1 aliphatic heterocycles. The topological polar surface area (TPSA) is 87.8 Å². The van der Waals surface area contributed by atoms with Crippen molar-refractivity contribution >= 4 is 40.0 Å². The Morgan fingerprint density at radius 1 is 1.32 bits per heavy atom. The molecular weight excluding hydrogens is 451 g/mol. The van der Waals surface area contributed by atoms with Crippen LogP contribution in [0, 0.1) is 0 Å². The summed E-state index contributed by atoms with van der Waals surface area (Å²) in [7, 11) is -3.41. The molecule has 1 saturated heterocycles. The molecule has 1 aromatic rings. The maximum absolute atomic E-state index is 12.7. The highest BCUT2D eigenvalue weighted by Crippen LogP contribution is 2.21. The molecule has 1 aromatic carbocycles. The van der Waals surface area contributed by atoms with Crippen molar-refractivity contribution in [3.05, 3.63) is 29.8 Å². The van der Waals surface area contributed by atoms with Crippen LogP contribution in [0.15, 0.2) is 34.2 Å². The Kier molecular flexibility index (Phi) is 9.15. The van der Waals surface area contributed by atoms with Crippen molar-refractivity contribution < 1.29 is 8.42 Å². The summed E-state index contributed by atoms with van der Waals surface area (Å²) in [4.78, 5) is 4.63. The molecule has 0 aliphatic carbocycles. The third-order valence-electron chi connectivity index (χ3n) is 4.29. The number of hydrogen-bond acceptors (Lipinski definition) is 3. The number of sulfonamides is 1. The molecule has 8 heteroatoms. The minimum absolute atomic E-state index is 0. The first-order valence-electron chi connectivity index (χ1n) is 8.59. The number of piperidine rings is 1. The van der Waals surface area contributed by atoms with Gasteiger partial charge in [0.1, 0.15) is 0 Å². The number of halogens is 1. The highest BCUT2D eigenvalue weighted by atomic mass is 127. The lowest BCUT2D eigenvalue weighted by molar-refractivity contribution is 0.346. The molecule has 0 bridgehead atoms. The maximum atomic E-state index is 12.7. The Morgan fingerprint density at radius 2 is 2.00 bits per heavy atom. The molecule has 3 N–H and O–H groups in total. The van der Waals surface area contributed by atoms with Crippen molar-refractivity contribution in [2.75, 3.05) is 13.1 Å². The summed E-state index contributed by atoms with van der Waals surface area (Å²) < 4.78 is 27.0. The lowest BCUT2D eigenvalue weighted by Crippen LogP contribution is -2.38. The van der Waals surface area contributed by atoms with E-state index in [0.29, 0.717) is 30.5 Å². The standard InChI is InChI=1S/C17H28N4O2S.HI/c1-3-14(2)20-17(18)19-13-15-8-7-9-16(12-15)24(22,23)21-10-5-4-6-11-21;/h7-9,12,14H,3-6,10-11,13H2,1-2H3,(H3,18,19,20);1H. The Morgan fingerprint density at radius 3 is 2.64 bits per heavy atom. The van der Waals surface area contributed by atoms with Gasteiger partial charge in [-0.15, -0.1) is 24.0 Å². The van der Waals surface area contributed by atoms with Crippen molar-refractivity contribution in [2.24, 2.45) is 10.7 Å². The number of nitrogens with zero attached hydrogens (tertiary/aromatic N) is 2. The zero-order valence-corrected chi connectivity index (χ0v) is 18.1. The van der Waals surface area contributed by atoms with Gasteiger partial charge >= 0.3 is 0 Å². The number of rotatable bonds is 6. The average Bonchev–Trinajstić information content (AvgIpc) is 2.61. The van der Waals surface area contributed by atoms with Crippen molar-refractivity contribution in [1.82, 2.24) is 9.62 Å². The highest BCUT2D eigenvalue weighted by molar-refractivity contribution is 14.0. The van der Waals surface area contributed by atoms with Crippen molar-refractivity contribution in [3.8, 4) is 0 Å². The smallest absolute Gasteiger partial charge is 0.243 e. The molecule has 1 atom stereocenters. The van der Waals surface area contributed by atoms with Crippen molar-refractivity contribution in [2.45, 2.75) is 57.0 Å². The van der Waals surface area contributed by atoms with Crippen LogP contribution in [0.3, 0.4) is 0 Å². The lowest BCUT2D eigenvalue weighted by atomic mass is 10.2. The van der Waals surface area contributed by atoms with Crippen LogP contribution in [0.2, 0.25) is 0 Å². The number of benzene rings is 1. The van der Waals surface area contributed by atoms with Gasteiger partial charge in [0.2, 0.25) is 10.0 Å². The molecule has 1 aliphatic rings. The summed E-state index contributed by atoms with van der Waals surface area (Å²) in [6.07, 6.45) is 3.92. The van der Waals surface area contributed by atoms with Crippen LogP contribution in [-0.2, 0) is 16.6 Å². The van der Waals surface area contributed by atoms with Gasteiger partial charge in [-0.1, -0.05) is 25.5 Å². The predicted octanol–water partition coefficient (Wildman–Crippen LogP) is 2.68. The van der Waals surface area contributed by atoms with Crippen molar-refractivity contribution in [3.63, 3.8) is 0 Å². The van der Waals surface area contributed by atoms with Crippen molar-refractivity contribution in [1.29, 1.82) is 0 Å². The molecule has 6 nitrogen and oxygen atoms in total. The van der Waals surface area contributed by atoms with E-state index in [1.165, 1.54) is 0 Å². The molecule has 0 aromatic heterocycles. The molecule has 1 heterocycles. The van der Waals surface area contributed by atoms with Gasteiger partial charge in [0.15, 0.2) is 5.96 Å². The number of guanidine groups is 1. The van der Waals surface area contributed by atoms with Gasteiger partial charge < -0.3 is 11.1 Å². The van der Waals surface area contributed by atoms with Gasteiger partial charge in [-0.2, -0.15) is 4.31 Å². The molecule has 0 radical (unpaired) electrons. The monoisotopic (exact) mass is 480 g/mol. The van der Waals surface area contributed by atoms with Crippen LogP contribution >= 0.6 is 24.0 Å². The zero-order chi connectivity index (χ0) is 17.6. The van der Waals surface area contributed by atoms with E-state index >= 15 is 0 Å². The van der Waals surface area contributed by atoms with E-state index in [2.05, 4.69) is 17.2 Å². The SMILES string of the molecule is CCC(C)NC(N)=NCc1cccc(S(=O)(=O)N2CCCCC2)c1.I. The third-order valence-corrected chi connectivity index (χ3v) is 6.18. The fourth-order valence-corrected chi connectivity index (χ4v) is 4.22. The van der Waals surface area contributed by atoms with Gasteiger partial charge in [-0.3, -0.25) is 0 Å². The second-order valence-corrected chi connectivity index (χ2v) is 8.21. The first kappa shape index (κ1) is 22.2. The van der Waals surface area contributed by atoms with E-state index in [1.54, 1.807) is 22.5 Å². The molecule has 0 spiro atoms. The summed E-state index contributed by atoms with van der Waals surface area (Å²) in [6, 6.07) is 7.25. The number of nitrogens with one attached hydrogen (secondary N) is 1. The number of nitrogens with two attached hydrogens (primary N) is 1. The van der Waals surface area contributed by atoms with Crippen LogP contribution in [0.4, 0.5) is 0 Å². The van der Waals surface area contributed by atoms with E-state index < -0.39 is 10.0 Å². The van der Waals surface area contributed by atoms with Gasteiger partial charge in [0.05, 0.1) is 11.4 Å². The van der Waals surface area contributed by atoms with E-state index in [4.69, 9.17) is 5.73 Å². The normalized spacial score (nSPS) is 17.6. The van der Waals surface area contributed by atoms with Crippen LogP contribution in [-0.4, -0.2) is 37.8 Å². The van der Waals surface area contributed by atoms with Gasteiger partial charge in [-0.25, -0.2) is 13.4 Å². The van der Waals surface area contributed by atoms with E-state index in [0.717, 1.165) is 31.2 Å². The number of hydrogen-bond donors (Lipinski definition) is 2. The zero-order valence-electron chi connectivity index (χ0n) is 14.9. The van der Waals surface area contributed by atoms with Crippen LogP contribution in [0.5, 0.6) is 0 Å². The molecule has 142 valence electrons. The summed E-state index contributed by atoms with van der Waals surface area (Å²) >= 11 is 0. The molecule has 1 fully saturated rings. The van der Waals surface area contributed by atoms with Gasteiger partial charge in [0, 0.05) is 19.1 Å². The minimum Gasteiger partial charge on any atom is -0.370 e. The molecule has 0 amide bonds. The predicted molar refractivity (Wildman–Crippen MR) is 113 cm³/mol. The van der Waals surface area contributed by atoms with Gasteiger partial charge in [0.25, 0.3) is 0 Å². The molecule has 0 saturated carbocycles. The second-order valence-electron chi connectivity index (χ2n) is 6.27. The fourth-order valence-electron chi connectivity index (χ4n) is 2.64. The van der Waals surface area contributed by atoms with Crippen LogP contribution in [0.1, 0.15) is 45.1 Å². The molecule has 25 heavy (non-hydrogen) atoms. The highest BCUT2D eigenvalue weighted by Gasteiger charge is 2.25. The van der Waals surface area contributed by atoms with E-state index in [-0.39, 0.29) is 30.0 Å². The van der Waals surface area contributed by atoms with E-state index in [1.807, 2.05) is 13.0 Å². The lowest BCUT2D eigenvalue weighted by Gasteiger charge is -2.26. The van der Waals surface area contributed by atoms with E-state index in [9.17, 15) is 8.42 Å². The first-order valence-corrected chi connectivity index (χ1v) is 10.0. The second kappa shape index (κ2) is 10.3. The first-order chi connectivity index (χ1) is 11.4. The van der Waals surface area contributed by atoms with Crippen LogP contribution in [0.25, 0.3) is 0 Å². The molecule has 2 rings (SSSR count). The minimum atomic E-state index is -3.41. The van der Waals surface area contributed by atoms with Gasteiger partial charge in [-0.05, 0) is 43.9 Å². The summed E-state index contributed by atoms with van der Waals surface area (Å²) in [6.45, 7) is 5.68. The average molecular weight is 480 g/mol.